The molecule has 1 aromatic carbocycles. The van der Waals surface area contributed by atoms with Crippen molar-refractivity contribution in [3.63, 3.8) is 0 Å². The van der Waals surface area contributed by atoms with E-state index in [2.05, 4.69) is 5.16 Å². The molecule has 1 aliphatic rings. The Morgan fingerprint density at radius 2 is 2.00 bits per heavy atom. The van der Waals surface area contributed by atoms with E-state index in [9.17, 15) is 13.6 Å². The molecule has 0 spiro atoms. The second-order valence-corrected chi connectivity index (χ2v) is 4.00. The van der Waals surface area contributed by atoms with E-state index in [4.69, 9.17) is 9.94 Å². The molecule has 0 bridgehead atoms. The molecule has 0 amide bonds. The zero-order chi connectivity index (χ0) is 12.6. The molecule has 1 aromatic rings. The van der Waals surface area contributed by atoms with Crippen molar-refractivity contribution in [2.75, 3.05) is 0 Å². The van der Waals surface area contributed by atoms with Gasteiger partial charge in [0.2, 0.25) is 5.60 Å². The second-order valence-electron chi connectivity index (χ2n) is 4.00. The zero-order valence-electron chi connectivity index (χ0n) is 8.91. The van der Waals surface area contributed by atoms with Crippen molar-refractivity contribution in [3.8, 4) is 0 Å². The van der Waals surface area contributed by atoms with Gasteiger partial charge in [0.05, 0.1) is 5.71 Å². The average Bonchev–Trinajstić information content (AvgIpc) is 2.61. The van der Waals surface area contributed by atoms with Crippen molar-refractivity contribution < 1.29 is 23.5 Å². The van der Waals surface area contributed by atoms with Crippen LogP contribution in [0, 0.1) is 11.6 Å². The van der Waals surface area contributed by atoms with Gasteiger partial charge in [-0.3, -0.25) is 0 Å². The van der Waals surface area contributed by atoms with Crippen LogP contribution >= 0.6 is 0 Å². The molecule has 4 nitrogen and oxygen atoms in total. The first-order chi connectivity index (χ1) is 7.90. The Labute approximate surface area is 95.5 Å². The Morgan fingerprint density at radius 3 is 2.47 bits per heavy atom. The highest BCUT2D eigenvalue weighted by atomic mass is 19.1. The summed E-state index contributed by atoms with van der Waals surface area (Å²) in [7, 11) is 0. The van der Waals surface area contributed by atoms with Gasteiger partial charge in [-0.05, 0) is 19.1 Å². The van der Waals surface area contributed by atoms with Gasteiger partial charge in [-0.2, -0.15) is 0 Å². The second kappa shape index (κ2) is 3.80. The summed E-state index contributed by atoms with van der Waals surface area (Å²) in [6.07, 6.45) is -0.0365. The third-order valence-corrected chi connectivity index (χ3v) is 2.51. The first-order valence-corrected chi connectivity index (χ1v) is 4.86. The number of nitrogens with zero attached hydrogens (tertiary/aromatic N) is 1. The molecule has 1 atom stereocenters. The summed E-state index contributed by atoms with van der Waals surface area (Å²) in [5.41, 5.74) is -1.07. The fourth-order valence-electron chi connectivity index (χ4n) is 1.53. The molecule has 0 fully saturated rings. The number of hydrogen-bond acceptors (Lipinski definition) is 3. The molecule has 1 N–H and O–H groups in total. The maximum absolute atomic E-state index is 13.0. The van der Waals surface area contributed by atoms with Gasteiger partial charge in [0.1, 0.15) is 11.6 Å². The van der Waals surface area contributed by atoms with Crippen molar-refractivity contribution in [1.29, 1.82) is 0 Å². The predicted octanol–water partition coefficient (Wildman–Crippen LogP) is 1.93. The summed E-state index contributed by atoms with van der Waals surface area (Å²) in [6.45, 7) is 1.35. The summed E-state index contributed by atoms with van der Waals surface area (Å²) in [5.74, 6) is -2.66. The van der Waals surface area contributed by atoms with Gasteiger partial charge < -0.3 is 9.94 Å². The Kier molecular flexibility index (Phi) is 2.57. The van der Waals surface area contributed by atoms with E-state index in [1.165, 1.54) is 6.92 Å². The molecule has 0 saturated carbocycles. The fraction of sp³-hybridized carbons (Fsp3) is 0.273. The smallest absolute Gasteiger partial charge is 0.351 e. The minimum atomic E-state index is -1.47. The zero-order valence-corrected chi connectivity index (χ0v) is 8.91. The molecule has 0 radical (unpaired) electrons. The average molecular weight is 241 g/mol. The normalized spacial score (nSPS) is 23.1. The Hall–Kier alpha value is -1.98. The minimum absolute atomic E-state index is 0.0365. The summed E-state index contributed by atoms with van der Waals surface area (Å²) in [5, 5.41) is 12.5. The van der Waals surface area contributed by atoms with E-state index >= 15 is 0 Å². The highest BCUT2D eigenvalue weighted by Gasteiger charge is 2.42. The lowest BCUT2D eigenvalue weighted by atomic mass is 9.96. The van der Waals surface area contributed by atoms with Crippen LogP contribution in [0.25, 0.3) is 0 Å². The van der Waals surface area contributed by atoms with Gasteiger partial charge in [0.15, 0.2) is 0 Å². The first-order valence-electron chi connectivity index (χ1n) is 4.86. The fourth-order valence-corrected chi connectivity index (χ4v) is 1.53. The number of carbonyl (C=O) groups is 1. The van der Waals surface area contributed by atoms with Crippen LogP contribution in [0.3, 0.4) is 0 Å². The molecular weight excluding hydrogens is 232 g/mol. The summed E-state index contributed by atoms with van der Waals surface area (Å²) in [6, 6.07) is 2.90. The van der Waals surface area contributed by atoms with E-state index in [1.807, 2.05) is 0 Å². The number of aliphatic carboxylic acids is 1. The number of hydrogen-bond donors (Lipinski definition) is 1. The third-order valence-electron chi connectivity index (χ3n) is 2.51. The number of oxime groups is 1. The van der Waals surface area contributed by atoms with Gasteiger partial charge in [0.25, 0.3) is 0 Å². The highest BCUT2D eigenvalue weighted by molar-refractivity contribution is 6.04. The summed E-state index contributed by atoms with van der Waals surface area (Å²) >= 11 is 0. The van der Waals surface area contributed by atoms with Gasteiger partial charge in [-0.1, -0.05) is 5.16 Å². The molecule has 0 aliphatic carbocycles. The molecule has 1 aliphatic heterocycles. The van der Waals surface area contributed by atoms with E-state index in [-0.39, 0.29) is 17.7 Å². The molecule has 0 aromatic heterocycles. The quantitative estimate of drug-likeness (QED) is 0.860. The predicted molar refractivity (Wildman–Crippen MR) is 54.6 cm³/mol. The van der Waals surface area contributed by atoms with E-state index in [1.54, 1.807) is 0 Å². The van der Waals surface area contributed by atoms with E-state index in [0.717, 1.165) is 18.2 Å². The highest BCUT2D eigenvalue weighted by Crippen LogP contribution is 2.27. The van der Waals surface area contributed by atoms with Crippen molar-refractivity contribution in [1.82, 2.24) is 0 Å². The SMILES string of the molecule is CC1(C(=O)O)CC(c2cc(F)cc(F)c2)=NO1. The van der Waals surface area contributed by atoms with Crippen LogP contribution < -0.4 is 0 Å². The van der Waals surface area contributed by atoms with Crippen molar-refractivity contribution in [2.45, 2.75) is 18.9 Å². The Morgan fingerprint density at radius 1 is 1.41 bits per heavy atom. The van der Waals surface area contributed by atoms with Crippen molar-refractivity contribution in [3.05, 3.63) is 35.4 Å². The number of halogens is 2. The molecule has 1 heterocycles. The van der Waals surface area contributed by atoms with E-state index < -0.39 is 23.2 Å². The molecule has 0 saturated heterocycles. The Balaban J connectivity index is 2.29. The topological polar surface area (TPSA) is 58.9 Å². The number of carboxylic acids is 1. The van der Waals surface area contributed by atoms with Crippen LogP contribution in [-0.2, 0) is 9.63 Å². The lowest BCUT2D eigenvalue weighted by molar-refractivity contribution is -0.160. The third kappa shape index (κ3) is 2.11. The van der Waals surface area contributed by atoms with Crippen LogP contribution in [0.1, 0.15) is 18.9 Å². The largest absolute Gasteiger partial charge is 0.478 e. The minimum Gasteiger partial charge on any atom is -0.478 e. The van der Waals surface area contributed by atoms with E-state index in [0.29, 0.717) is 0 Å². The van der Waals surface area contributed by atoms with Crippen molar-refractivity contribution in [2.24, 2.45) is 5.16 Å². The van der Waals surface area contributed by atoms with Crippen molar-refractivity contribution >= 4 is 11.7 Å². The lowest BCUT2D eigenvalue weighted by Crippen LogP contribution is -2.35. The number of carboxylic acid groups (broad SMARTS) is 1. The lowest BCUT2D eigenvalue weighted by Gasteiger charge is -2.14. The van der Waals surface area contributed by atoms with Crippen LogP contribution in [0.2, 0.25) is 0 Å². The molecule has 90 valence electrons. The molecule has 17 heavy (non-hydrogen) atoms. The van der Waals surface area contributed by atoms with Gasteiger partial charge in [-0.25, -0.2) is 13.6 Å². The van der Waals surface area contributed by atoms with Crippen LogP contribution in [0.4, 0.5) is 8.78 Å². The van der Waals surface area contributed by atoms with Crippen LogP contribution in [0.15, 0.2) is 23.4 Å². The molecular formula is C11H9F2NO3. The standard InChI is InChI=1S/C11H9F2NO3/c1-11(10(15)16)5-9(14-17-11)6-2-7(12)4-8(13)3-6/h2-4H,5H2,1H3,(H,15,16). The summed E-state index contributed by atoms with van der Waals surface area (Å²) < 4.78 is 26.0. The van der Waals surface area contributed by atoms with Gasteiger partial charge in [0, 0.05) is 18.1 Å². The maximum atomic E-state index is 13.0. The maximum Gasteiger partial charge on any atom is 0.351 e. The molecule has 6 heteroatoms. The molecule has 2 rings (SSSR count). The first kappa shape index (κ1) is 11.5. The Bertz CT molecular complexity index is 495. The monoisotopic (exact) mass is 241 g/mol. The summed E-state index contributed by atoms with van der Waals surface area (Å²) in [4.78, 5) is 15.7. The molecule has 1 unspecified atom stereocenters. The van der Waals surface area contributed by atoms with Gasteiger partial charge >= 0.3 is 5.97 Å². The van der Waals surface area contributed by atoms with Gasteiger partial charge in [-0.15, -0.1) is 0 Å². The van der Waals surface area contributed by atoms with Crippen LogP contribution in [0.5, 0.6) is 0 Å². The number of benzene rings is 1. The van der Waals surface area contributed by atoms with Crippen LogP contribution in [-0.4, -0.2) is 22.4 Å². The number of rotatable bonds is 2.